The first-order chi connectivity index (χ1) is 14.7. The minimum atomic E-state index is -0.593. The fraction of sp³-hybridized carbons (Fsp3) is 0.0870. The topological polar surface area (TPSA) is 77.2 Å². The number of nitrogens with zero attached hydrogens (tertiary/aromatic N) is 2. The number of amides is 1. The highest BCUT2D eigenvalue weighted by Gasteiger charge is 2.24. The first kappa shape index (κ1) is 19.8. The number of rotatable bonds is 6. The number of nitrogens with one attached hydrogen (secondary N) is 1. The molecule has 0 bridgehead atoms. The zero-order chi connectivity index (χ0) is 20.9. The molecule has 3 aromatic carbocycles. The molecule has 0 saturated heterocycles. The van der Waals surface area contributed by atoms with E-state index in [-0.39, 0.29) is 5.91 Å². The standard InChI is InChI=1S/C23H18BrN3O3/c1-29-19-13-12-17(14-18(19)24)21(28)25-20(15-8-4-2-5-9-15)23-27-26-22(30-23)16-10-6-3-7-11-16/h2-14,20H,1H3,(H,25,28)/t20-/m1/s1. The van der Waals surface area contributed by atoms with E-state index in [1.165, 1.54) is 0 Å². The second kappa shape index (κ2) is 8.92. The average molecular weight is 464 g/mol. The Labute approximate surface area is 182 Å². The molecular weight excluding hydrogens is 446 g/mol. The molecule has 7 heteroatoms. The monoisotopic (exact) mass is 463 g/mol. The maximum Gasteiger partial charge on any atom is 0.252 e. The van der Waals surface area contributed by atoms with Gasteiger partial charge in [-0.1, -0.05) is 48.5 Å². The Morgan fingerprint density at radius 2 is 1.70 bits per heavy atom. The van der Waals surface area contributed by atoms with Gasteiger partial charge in [0.05, 0.1) is 11.6 Å². The second-order valence-electron chi connectivity index (χ2n) is 6.48. The van der Waals surface area contributed by atoms with Gasteiger partial charge in [0.15, 0.2) is 0 Å². The number of carbonyl (C=O) groups excluding carboxylic acids is 1. The van der Waals surface area contributed by atoms with Gasteiger partial charge in [-0.2, -0.15) is 0 Å². The highest BCUT2D eigenvalue weighted by Crippen LogP contribution is 2.28. The third-order valence-corrected chi connectivity index (χ3v) is 5.15. The van der Waals surface area contributed by atoms with Crippen molar-refractivity contribution in [2.24, 2.45) is 0 Å². The van der Waals surface area contributed by atoms with Crippen LogP contribution in [0.4, 0.5) is 0 Å². The van der Waals surface area contributed by atoms with Crippen molar-refractivity contribution in [3.8, 4) is 17.2 Å². The summed E-state index contributed by atoms with van der Waals surface area (Å²) in [6.07, 6.45) is 0. The molecule has 1 aromatic heterocycles. The fourth-order valence-corrected chi connectivity index (χ4v) is 3.54. The summed E-state index contributed by atoms with van der Waals surface area (Å²) in [6.45, 7) is 0. The summed E-state index contributed by atoms with van der Waals surface area (Å²) in [6, 6.07) is 23.6. The predicted molar refractivity (Wildman–Crippen MR) is 116 cm³/mol. The molecule has 1 amide bonds. The Bertz CT molecular complexity index is 1150. The van der Waals surface area contributed by atoms with Gasteiger partial charge in [0.1, 0.15) is 11.8 Å². The van der Waals surface area contributed by atoms with Crippen LogP contribution in [0, 0.1) is 0 Å². The first-order valence-electron chi connectivity index (χ1n) is 9.24. The summed E-state index contributed by atoms with van der Waals surface area (Å²) in [5, 5.41) is 11.4. The summed E-state index contributed by atoms with van der Waals surface area (Å²) in [7, 11) is 1.57. The first-order valence-corrected chi connectivity index (χ1v) is 10.0. The van der Waals surface area contributed by atoms with E-state index in [2.05, 4.69) is 31.4 Å². The molecule has 0 spiro atoms. The van der Waals surface area contributed by atoms with Crippen LogP contribution < -0.4 is 10.1 Å². The molecule has 4 rings (SSSR count). The van der Waals surface area contributed by atoms with Gasteiger partial charge in [-0.3, -0.25) is 4.79 Å². The van der Waals surface area contributed by atoms with Crippen molar-refractivity contribution in [3.05, 3.63) is 100 Å². The van der Waals surface area contributed by atoms with Crippen molar-refractivity contribution in [2.75, 3.05) is 7.11 Å². The van der Waals surface area contributed by atoms with E-state index in [9.17, 15) is 4.79 Å². The lowest BCUT2D eigenvalue weighted by atomic mass is 10.1. The van der Waals surface area contributed by atoms with Crippen molar-refractivity contribution < 1.29 is 13.9 Å². The zero-order valence-electron chi connectivity index (χ0n) is 16.1. The minimum Gasteiger partial charge on any atom is -0.496 e. The van der Waals surface area contributed by atoms with Gasteiger partial charge in [-0.05, 0) is 51.8 Å². The van der Waals surface area contributed by atoms with Crippen LogP contribution in [0.5, 0.6) is 5.75 Å². The number of hydrogen-bond donors (Lipinski definition) is 1. The lowest BCUT2D eigenvalue weighted by molar-refractivity contribution is 0.0938. The van der Waals surface area contributed by atoms with Crippen LogP contribution in [-0.4, -0.2) is 23.2 Å². The van der Waals surface area contributed by atoms with E-state index in [0.717, 1.165) is 11.1 Å². The maximum absolute atomic E-state index is 13.0. The van der Waals surface area contributed by atoms with Gasteiger partial charge in [-0.15, -0.1) is 10.2 Å². The number of carbonyl (C=O) groups is 1. The van der Waals surface area contributed by atoms with Crippen LogP contribution in [0.3, 0.4) is 0 Å². The molecule has 0 aliphatic carbocycles. The SMILES string of the molecule is COc1ccc(C(=O)N[C@H](c2ccccc2)c2nnc(-c3ccccc3)o2)cc1Br. The van der Waals surface area contributed by atoms with E-state index < -0.39 is 6.04 Å². The Morgan fingerprint density at radius 1 is 1.00 bits per heavy atom. The number of methoxy groups -OCH3 is 1. The van der Waals surface area contributed by atoms with Crippen molar-refractivity contribution in [3.63, 3.8) is 0 Å². The maximum atomic E-state index is 13.0. The van der Waals surface area contributed by atoms with Crippen LogP contribution in [-0.2, 0) is 0 Å². The molecule has 0 fully saturated rings. The van der Waals surface area contributed by atoms with Gasteiger partial charge < -0.3 is 14.5 Å². The van der Waals surface area contributed by atoms with Gasteiger partial charge in [0.25, 0.3) is 5.91 Å². The smallest absolute Gasteiger partial charge is 0.252 e. The number of ether oxygens (including phenoxy) is 1. The third kappa shape index (κ3) is 4.26. The molecule has 0 aliphatic heterocycles. The van der Waals surface area contributed by atoms with Crippen molar-refractivity contribution in [1.29, 1.82) is 0 Å². The summed E-state index contributed by atoms with van der Waals surface area (Å²) >= 11 is 3.42. The molecule has 0 unspecified atom stereocenters. The van der Waals surface area contributed by atoms with Gasteiger partial charge in [0.2, 0.25) is 11.8 Å². The van der Waals surface area contributed by atoms with Gasteiger partial charge in [0, 0.05) is 11.1 Å². The van der Waals surface area contributed by atoms with E-state index in [4.69, 9.17) is 9.15 Å². The van der Waals surface area contributed by atoms with Crippen LogP contribution in [0.15, 0.2) is 87.8 Å². The molecule has 4 aromatic rings. The quantitative estimate of drug-likeness (QED) is 0.433. The second-order valence-corrected chi connectivity index (χ2v) is 7.33. The summed E-state index contributed by atoms with van der Waals surface area (Å²) in [4.78, 5) is 13.0. The summed E-state index contributed by atoms with van der Waals surface area (Å²) < 4.78 is 11.8. The van der Waals surface area contributed by atoms with Crippen molar-refractivity contribution in [1.82, 2.24) is 15.5 Å². The van der Waals surface area contributed by atoms with Crippen molar-refractivity contribution >= 4 is 21.8 Å². The van der Waals surface area contributed by atoms with E-state index >= 15 is 0 Å². The largest absolute Gasteiger partial charge is 0.496 e. The number of hydrogen-bond acceptors (Lipinski definition) is 5. The van der Waals surface area contributed by atoms with Crippen LogP contribution in [0.1, 0.15) is 27.9 Å². The molecule has 1 N–H and O–H groups in total. The predicted octanol–water partition coefficient (Wildman–Crippen LogP) is 5.03. The Balaban J connectivity index is 1.65. The summed E-state index contributed by atoms with van der Waals surface area (Å²) in [5.41, 5.74) is 2.13. The third-order valence-electron chi connectivity index (χ3n) is 4.53. The normalized spacial score (nSPS) is 11.7. The fourth-order valence-electron chi connectivity index (χ4n) is 3.00. The average Bonchev–Trinajstić information content (AvgIpc) is 3.28. The Morgan fingerprint density at radius 3 is 2.37 bits per heavy atom. The molecule has 150 valence electrons. The molecule has 6 nitrogen and oxygen atoms in total. The van der Waals surface area contributed by atoms with Crippen LogP contribution >= 0.6 is 15.9 Å². The van der Waals surface area contributed by atoms with Crippen LogP contribution in [0.25, 0.3) is 11.5 Å². The van der Waals surface area contributed by atoms with Gasteiger partial charge >= 0.3 is 0 Å². The highest BCUT2D eigenvalue weighted by molar-refractivity contribution is 9.10. The molecule has 1 atom stereocenters. The van der Waals surface area contributed by atoms with Crippen LogP contribution in [0.2, 0.25) is 0 Å². The molecule has 30 heavy (non-hydrogen) atoms. The van der Waals surface area contributed by atoms with Gasteiger partial charge in [-0.25, -0.2) is 0 Å². The molecular formula is C23H18BrN3O3. The van der Waals surface area contributed by atoms with Crippen molar-refractivity contribution in [2.45, 2.75) is 6.04 Å². The molecule has 0 radical (unpaired) electrons. The molecule has 1 heterocycles. The lowest BCUT2D eigenvalue weighted by Gasteiger charge is -2.16. The number of aromatic nitrogens is 2. The van der Waals surface area contributed by atoms with E-state index in [1.807, 2.05) is 60.7 Å². The molecule has 0 saturated carbocycles. The Hall–Kier alpha value is -3.45. The zero-order valence-corrected chi connectivity index (χ0v) is 17.7. The summed E-state index contributed by atoms with van der Waals surface area (Å²) in [5.74, 6) is 1.08. The number of benzene rings is 3. The van der Waals surface area contributed by atoms with E-state index in [0.29, 0.717) is 27.6 Å². The minimum absolute atomic E-state index is 0.272. The lowest BCUT2D eigenvalue weighted by Crippen LogP contribution is -2.29. The Kier molecular flexibility index (Phi) is 5.90. The number of halogens is 1. The molecule has 0 aliphatic rings. The van der Waals surface area contributed by atoms with E-state index in [1.54, 1.807) is 25.3 Å². The highest BCUT2D eigenvalue weighted by atomic mass is 79.9.